The van der Waals surface area contributed by atoms with Crippen LogP contribution in [0.4, 0.5) is 0 Å². The first-order valence-corrected chi connectivity index (χ1v) is 13.1. The largest absolute Gasteiger partial charge is 1.00 e. The van der Waals surface area contributed by atoms with E-state index in [9.17, 15) is 0 Å². The molecule has 5 rings (SSSR count). The molecule has 2 aliphatic rings. The number of hydrogen-bond acceptors (Lipinski definition) is 0. The Labute approximate surface area is 194 Å². The quantitative estimate of drug-likeness (QED) is 0.396. The average Bonchev–Trinajstić information content (AvgIpc) is 3.30. The molecule has 0 nitrogen and oxygen atoms in total. The zero-order valence-corrected chi connectivity index (χ0v) is 20.5. The number of allylic oxidation sites excluding steroid dienone is 2. The van der Waals surface area contributed by atoms with Gasteiger partial charge >= 0.3 is 185 Å². The zero-order chi connectivity index (χ0) is 20.0. The van der Waals surface area contributed by atoms with Crippen molar-refractivity contribution in [3.8, 4) is 0 Å². The van der Waals surface area contributed by atoms with E-state index in [1.165, 1.54) is 33.1 Å². The van der Waals surface area contributed by atoms with Crippen LogP contribution < -0.4 is 14.7 Å². The summed E-state index contributed by atoms with van der Waals surface area (Å²) in [6, 6.07) is 22.6. The Morgan fingerprint density at radius 1 is 0.774 bits per heavy atom. The average molecular weight is 466 g/mol. The molecular formula is C27H25F2PTi. The molecule has 0 fully saturated rings. The number of rotatable bonds is 4. The normalized spacial score (nSPS) is 18.1. The second-order valence-corrected chi connectivity index (χ2v) is 11.9. The Morgan fingerprint density at radius 2 is 1.48 bits per heavy atom. The van der Waals surface area contributed by atoms with Crippen molar-refractivity contribution in [2.45, 2.75) is 29.2 Å². The van der Waals surface area contributed by atoms with Gasteiger partial charge in [-0.2, -0.15) is 0 Å². The molecule has 0 heterocycles. The first-order chi connectivity index (χ1) is 14.1. The Hall–Kier alpha value is -1.86. The van der Waals surface area contributed by atoms with Gasteiger partial charge in [-0.15, -0.1) is 0 Å². The fraction of sp³-hybridized carbons (Fsp3) is 0.185. The third-order valence-corrected chi connectivity index (χ3v) is 11.0. The number of fused-ring (bicyclic) bond motifs is 2. The van der Waals surface area contributed by atoms with Crippen LogP contribution in [0.15, 0.2) is 72.1 Å². The molecular weight excluding hydrogens is 441 g/mol. The van der Waals surface area contributed by atoms with Crippen molar-refractivity contribution in [2.75, 3.05) is 0 Å². The molecule has 0 amide bonds. The van der Waals surface area contributed by atoms with Gasteiger partial charge in [0, 0.05) is 0 Å². The summed E-state index contributed by atoms with van der Waals surface area (Å²) in [4.78, 5) is 0. The summed E-state index contributed by atoms with van der Waals surface area (Å²) in [6.45, 7) is 6.79. The van der Waals surface area contributed by atoms with Gasteiger partial charge in [0.25, 0.3) is 0 Å². The van der Waals surface area contributed by atoms with Crippen LogP contribution in [-0.2, 0) is 19.2 Å². The van der Waals surface area contributed by atoms with E-state index in [4.69, 9.17) is 0 Å². The molecule has 3 atom stereocenters. The van der Waals surface area contributed by atoms with Crippen LogP contribution in [0.1, 0.15) is 47.4 Å². The Morgan fingerprint density at radius 3 is 2.29 bits per heavy atom. The number of hydrogen-bond donors (Lipinski definition) is 0. The van der Waals surface area contributed by atoms with Crippen molar-refractivity contribution in [3.05, 3.63) is 111 Å². The van der Waals surface area contributed by atoms with Gasteiger partial charge in [-0.05, 0) is 0 Å². The molecule has 3 aromatic rings. The van der Waals surface area contributed by atoms with Crippen LogP contribution in [0.5, 0.6) is 0 Å². The number of halogens is 2. The van der Waals surface area contributed by atoms with Crippen molar-refractivity contribution in [3.63, 3.8) is 0 Å². The van der Waals surface area contributed by atoms with Gasteiger partial charge in [-0.1, -0.05) is 0 Å². The maximum Gasteiger partial charge on any atom is -1.00 e. The SMILES string of the molecule is Cc1ccccc1PC1=Cc2ccccc2[CH]1[Ti+2][CH]1C=Cc2c(C)ccc(C)c21.[F-].[F-]. The molecule has 3 unspecified atom stereocenters. The fourth-order valence-corrected chi connectivity index (χ4v) is 9.40. The minimum Gasteiger partial charge on any atom is -1.00 e. The van der Waals surface area contributed by atoms with Crippen LogP contribution in [0.3, 0.4) is 0 Å². The Kier molecular flexibility index (Phi) is 7.48. The molecule has 3 aromatic carbocycles. The summed E-state index contributed by atoms with van der Waals surface area (Å²) in [7, 11) is 0.772. The smallest absolute Gasteiger partial charge is 1.00 e. The van der Waals surface area contributed by atoms with E-state index in [-0.39, 0.29) is 28.6 Å². The Bertz CT molecular complexity index is 1170. The van der Waals surface area contributed by atoms with Crippen molar-refractivity contribution >= 4 is 26.0 Å². The molecule has 31 heavy (non-hydrogen) atoms. The van der Waals surface area contributed by atoms with Gasteiger partial charge in [0.15, 0.2) is 0 Å². The van der Waals surface area contributed by atoms with E-state index in [1.54, 1.807) is 16.4 Å². The van der Waals surface area contributed by atoms with Gasteiger partial charge in [-0.3, -0.25) is 0 Å². The molecule has 0 N–H and O–H groups in total. The van der Waals surface area contributed by atoms with E-state index >= 15 is 0 Å². The van der Waals surface area contributed by atoms with E-state index < -0.39 is 0 Å². The molecule has 0 aliphatic heterocycles. The van der Waals surface area contributed by atoms with Gasteiger partial charge < -0.3 is 9.41 Å². The molecule has 156 valence electrons. The number of benzene rings is 3. The fourth-order valence-electron chi connectivity index (χ4n) is 4.58. The van der Waals surface area contributed by atoms with Crippen LogP contribution in [0.25, 0.3) is 12.2 Å². The standard InChI is InChI=1S/C16H14P.C11H11.2FH.Ti/c1-12-6-2-5-9-16(12)17-15-10-13-7-3-4-8-14(13)11-15;1-8-6-7-9(2)11-5-3-4-10(8)11;;;/h2-11,17H,1H3;3-7H,1-2H3;2*1H;/q;;;;+2/p-2. The molecule has 0 bridgehead atoms. The molecule has 0 aromatic heterocycles. The zero-order valence-electron chi connectivity index (χ0n) is 17.9. The second kappa shape index (κ2) is 9.74. The van der Waals surface area contributed by atoms with E-state index in [2.05, 4.69) is 99.7 Å². The molecule has 0 spiro atoms. The van der Waals surface area contributed by atoms with Crippen molar-refractivity contribution in [1.82, 2.24) is 0 Å². The molecule has 4 heteroatoms. The second-order valence-electron chi connectivity index (χ2n) is 8.13. The van der Waals surface area contributed by atoms with Gasteiger partial charge in [0.2, 0.25) is 0 Å². The van der Waals surface area contributed by atoms with Crippen molar-refractivity contribution < 1.29 is 28.6 Å². The predicted molar refractivity (Wildman–Crippen MR) is 124 cm³/mol. The number of aryl methyl sites for hydroxylation is 3. The molecule has 0 saturated heterocycles. The minimum absolute atomic E-state index is 0. The van der Waals surface area contributed by atoms with E-state index in [1.807, 2.05) is 0 Å². The third-order valence-electron chi connectivity index (χ3n) is 6.19. The van der Waals surface area contributed by atoms with Crippen LogP contribution in [-0.4, -0.2) is 0 Å². The summed E-state index contributed by atoms with van der Waals surface area (Å²) in [5, 5.41) is 3.14. The summed E-state index contributed by atoms with van der Waals surface area (Å²) in [6.07, 6.45) is 7.39. The van der Waals surface area contributed by atoms with Crippen molar-refractivity contribution in [2.24, 2.45) is 0 Å². The van der Waals surface area contributed by atoms with E-state index in [0.717, 1.165) is 8.58 Å². The van der Waals surface area contributed by atoms with Gasteiger partial charge in [-0.25, -0.2) is 0 Å². The maximum absolute atomic E-state index is 2.50. The summed E-state index contributed by atoms with van der Waals surface area (Å²) in [5.41, 5.74) is 10.4. The summed E-state index contributed by atoms with van der Waals surface area (Å²) >= 11 is -0.257. The van der Waals surface area contributed by atoms with Gasteiger partial charge in [0.1, 0.15) is 0 Å². The third kappa shape index (κ3) is 4.40. The summed E-state index contributed by atoms with van der Waals surface area (Å²) in [5.74, 6) is 0. The first-order valence-electron chi connectivity index (χ1n) is 10.3. The van der Waals surface area contributed by atoms with Crippen molar-refractivity contribution in [1.29, 1.82) is 0 Å². The van der Waals surface area contributed by atoms with Gasteiger partial charge in [0.05, 0.1) is 0 Å². The first kappa shape index (κ1) is 23.8. The predicted octanol–water partition coefficient (Wildman–Crippen LogP) is 0.870. The molecule has 2 aliphatic carbocycles. The van der Waals surface area contributed by atoms with Crippen LogP contribution in [0, 0.1) is 20.8 Å². The van der Waals surface area contributed by atoms with E-state index in [0.29, 0.717) is 8.45 Å². The maximum atomic E-state index is 2.50. The minimum atomic E-state index is -0.257. The molecule has 0 saturated carbocycles. The Balaban J connectivity index is 0.00000136. The molecule has 0 radical (unpaired) electrons. The topological polar surface area (TPSA) is 0 Å². The monoisotopic (exact) mass is 466 g/mol. The van der Waals surface area contributed by atoms with Crippen LogP contribution in [0.2, 0.25) is 0 Å². The summed E-state index contributed by atoms with van der Waals surface area (Å²) < 4.78 is 1.26. The van der Waals surface area contributed by atoms with Crippen LogP contribution >= 0.6 is 8.58 Å².